The molecule has 28 heavy (non-hydrogen) atoms. The standard InChI is InChI=1S/C22H31NO5/c1-22(2,14-16-6-4-5-7-18(16)27-3)21(26)23-11-8-15(9-12-23)19-17(20(24)25)10-13-28-19/h4-7,15,17,19H,8-14H2,1-3H3,(H,24,25)/t17?,19-/m0/s1. The van der Waals surface area contributed by atoms with Crippen LogP contribution in [0.3, 0.4) is 0 Å². The fraction of sp³-hybridized carbons (Fsp3) is 0.636. The van der Waals surface area contributed by atoms with Crippen LogP contribution in [0, 0.1) is 17.3 Å². The highest BCUT2D eigenvalue weighted by atomic mass is 16.5. The highest BCUT2D eigenvalue weighted by Crippen LogP contribution is 2.35. The number of likely N-dealkylation sites (tertiary alicyclic amines) is 1. The zero-order valence-corrected chi connectivity index (χ0v) is 17.0. The van der Waals surface area contributed by atoms with E-state index in [0.29, 0.717) is 32.5 Å². The summed E-state index contributed by atoms with van der Waals surface area (Å²) < 4.78 is 11.2. The molecule has 1 aromatic rings. The van der Waals surface area contributed by atoms with Crippen molar-refractivity contribution in [2.45, 2.75) is 45.6 Å². The molecule has 0 bridgehead atoms. The lowest BCUT2D eigenvalue weighted by Gasteiger charge is -2.39. The largest absolute Gasteiger partial charge is 0.496 e. The monoisotopic (exact) mass is 389 g/mol. The van der Waals surface area contributed by atoms with E-state index < -0.39 is 17.3 Å². The van der Waals surface area contributed by atoms with Crippen molar-refractivity contribution >= 4 is 11.9 Å². The van der Waals surface area contributed by atoms with Gasteiger partial charge in [-0.1, -0.05) is 32.0 Å². The summed E-state index contributed by atoms with van der Waals surface area (Å²) in [6.07, 6.45) is 2.58. The lowest BCUT2D eigenvalue weighted by molar-refractivity contribution is -0.147. The van der Waals surface area contributed by atoms with E-state index in [1.54, 1.807) is 7.11 Å². The Bertz CT molecular complexity index is 709. The number of carbonyl (C=O) groups excluding carboxylic acids is 1. The maximum absolute atomic E-state index is 13.2. The molecule has 2 aliphatic rings. The molecular weight excluding hydrogens is 358 g/mol. The van der Waals surface area contributed by atoms with Crippen molar-refractivity contribution in [1.29, 1.82) is 0 Å². The number of hydrogen-bond acceptors (Lipinski definition) is 4. The van der Waals surface area contributed by atoms with Crippen LogP contribution in [0.4, 0.5) is 0 Å². The summed E-state index contributed by atoms with van der Waals surface area (Å²) in [6, 6.07) is 7.81. The number of aliphatic carboxylic acids is 1. The minimum absolute atomic E-state index is 0.138. The molecule has 6 heteroatoms. The number of ether oxygens (including phenoxy) is 2. The Morgan fingerprint density at radius 2 is 1.89 bits per heavy atom. The number of amides is 1. The second kappa shape index (κ2) is 8.52. The van der Waals surface area contributed by atoms with E-state index in [9.17, 15) is 14.7 Å². The van der Waals surface area contributed by atoms with Gasteiger partial charge >= 0.3 is 5.97 Å². The molecular formula is C22H31NO5. The van der Waals surface area contributed by atoms with Crippen LogP contribution in [-0.2, 0) is 20.7 Å². The Morgan fingerprint density at radius 3 is 2.54 bits per heavy atom. The summed E-state index contributed by atoms with van der Waals surface area (Å²) in [5.41, 5.74) is 0.497. The Hall–Kier alpha value is -2.08. The normalized spacial score (nSPS) is 23.6. The minimum atomic E-state index is -0.765. The summed E-state index contributed by atoms with van der Waals surface area (Å²) in [5.74, 6) is -0.0164. The molecule has 3 rings (SSSR count). The third-order valence-electron chi connectivity index (χ3n) is 6.15. The van der Waals surface area contributed by atoms with E-state index in [2.05, 4.69) is 0 Å². The van der Waals surface area contributed by atoms with Crippen molar-refractivity contribution in [3.8, 4) is 5.75 Å². The van der Waals surface area contributed by atoms with E-state index in [-0.39, 0.29) is 17.9 Å². The van der Waals surface area contributed by atoms with Gasteiger partial charge in [-0.25, -0.2) is 0 Å². The van der Waals surface area contributed by atoms with Crippen molar-refractivity contribution < 1.29 is 24.2 Å². The molecule has 0 saturated carbocycles. The summed E-state index contributed by atoms with van der Waals surface area (Å²) in [5, 5.41) is 9.39. The highest BCUT2D eigenvalue weighted by Gasteiger charge is 2.42. The lowest BCUT2D eigenvalue weighted by Crippen LogP contribution is -2.48. The third kappa shape index (κ3) is 4.32. The van der Waals surface area contributed by atoms with E-state index in [1.807, 2.05) is 43.0 Å². The molecule has 2 saturated heterocycles. The molecule has 6 nitrogen and oxygen atoms in total. The first kappa shape index (κ1) is 20.6. The number of carbonyl (C=O) groups is 2. The third-order valence-corrected chi connectivity index (χ3v) is 6.15. The zero-order chi connectivity index (χ0) is 20.3. The van der Waals surface area contributed by atoms with Gasteiger partial charge in [0, 0.05) is 25.1 Å². The van der Waals surface area contributed by atoms with Crippen molar-refractivity contribution in [3.05, 3.63) is 29.8 Å². The quantitative estimate of drug-likeness (QED) is 0.809. The SMILES string of the molecule is COc1ccccc1CC(C)(C)C(=O)N1CCC([C@@H]2OCCC2C(=O)O)CC1. The number of nitrogens with zero attached hydrogens (tertiary/aromatic N) is 1. The zero-order valence-electron chi connectivity index (χ0n) is 17.0. The lowest BCUT2D eigenvalue weighted by atomic mass is 9.81. The van der Waals surface area contributed by atoms with Crippen molar-refractivity contribution in [1.82, 2.24) is 4.90 Å². The fourth-order valence-corrected chi connectivity index (χ4v) is 4.60. The molecule has 1 unspecified atom stereocenters. The van der Waals surface area contributed by atoms with E-state index in [0.717, 1.165) is 24.2 Å². The van der Waals surface area contributed by atoms with Gasteiger partial charge in [0.1, 0.15) is 5.75 Å². The maximum Gasteiger partial charge on any atom is 0.309 e. The van der Waals surface area contributed by atoms with Gasteiger partial charge in [0.2, 0.25) is 5.91 Å². The van der Waals surface area contributed by atoms with Gasteiger partial charge in [-0.05, 0) is 43.2 Å². The maximum atomic E-state index is 13.2. The number of carboxylic acids is 1. The number of methoxy groups -OCH3 is 1. The van der Waals surface area contributed by atoms with Crippen LogP contribution in [-0.4, -0.2) is 54.8 Å². The molecule has 2 heterocycles. The molecule has 0 spiro atoms. The summed E-state index contributed by atoms with van der Waals surface area (Å²) in [4.78, 5) is 26.5. The number of hydrogen-bond donors (Lipinski definition) is 1. The van der Waals surface area contributed by atoms with E-state index in [4.69, 9.17) is 9.47 Å². The fourth-order valence-electron chi connectivity index (χ4n) is 4.60. The van der Waals surface area contributed by atoms with Crippen LogP contribution in [0.5, 0.6) is 5.75 Å². The van der Waals surface area contributed by atoms with Crippen LogP contribution in [0.15, 0.2) is 24.3 Å². The van der Waals surface area contributed by atoms with Gasteiger partial charge in [0.05, 0.1) is 19.1 Å². The molecule has 2 aliphatic heterocycles. The number of benzene rings is 1. The molecule has 0 aromatic heterocycles. The molecule has 0 radical (unpaired) electrons. The van der Waals surface area contributed by atoms with E-state index >= 15 is 0 Å². The topological polar surface area (TPSA) is 76.1 Å². The van der Waals surface area contributed by atoms with Crippen molar-refractivity contribution in [3.63, 3.8) is 0 Å². The molecule has 1 amide bonds. The van der Waals surface area contributed by atoms with Crippen molar-refractivity contribution in [2.24, 2.45) is 17.3 Å². The van der Waals surface area contributed by atoms with E-state index in [1.165, 1.54) is 0 Å². The number of piperidine rings is 1. The van der Waals surface area contributed by atoms with Crippen LogP contribution in [0.2, 0.25) is 0 Å². The van der Waals surface area contributed by atoms with Crippen LogP contribution in [0.1, 0.15) is 38.7 Å². The first-order chi connectivity index (χ1) is 13.3. The molecule has 1 aromatic carbocycles. The number of carboxylic acid groups (broad SMARTS) is 1. The van der Waals surface area contributed by atoms with Crippen LogP contribution in [0.25, 0.3) is 0 Å². The summed E-state index contributed by atoms with van der Waals surface area (Å²) in [6.45, 7) is 5.80. The molecule has 2 atom stereocenters. The minimum Gasteiger partial charge on any atom is -0.496 e. The molecule has 0 aliphatic carbocycles. The Balaban J connectivity index is 1.60. The predicted molar refractivity (Wildman–Crippen MR) is 105 cm³/mol. The molecule has 154 valence electrons. The number of rotatable bonds is 6. The smallest absolute Gasteiger partial charge is 0.309 e. The second-order valence-corrected chi connectivity index (χ2v) is 8.57. The van der Waals surface area contributed by atoms with Gasteiger partial charge in [-0.2, -0.15) is 0 Å². The number of para-hydroxylation sites is 1. The second-order valence-electron chi connectivity index (χ2n) is 8.57. The first-order valence-corrected chi connectivity index (χ1v) is 10.1. The Kier molecular flexibility index (Phi) is 6.28. The summed E-state index contributed by atoms with van der Waals surface area (Å²) >= 11 is 0. The Labute approximate surface area is 166 Å². The molecule has 2 fully saturated rings. The Morgan fingerprint density at radius 1 is 1.21 bits per heavy atom. The average Bonchev–Trinajstić information content (AvgIpc) is 3.18. The molecule has 1 N–H and O–H groups in total. The van der Waals surface area contributed by atoms with Gasteiger partial charge in [0.25, 0.3) is 0 Å². The highest BCUT2D eigenvalue weighted by molar-refractivity contribution is 5.82. The van der Waals surface area contributed by atoms with Crippen molar-refractivity contribution in [2.75, 3.05) is 26.8 Å². The summed E-state index contributed by atoms with van der Waals surface area (Å²) in [7, 11) is 1.65. The van der Waals surface area contributed by atoms with Gasteiger partial charge in [-0.3, -0.25) is 9.59 Å². The first-order valence-electron chi connectivity index (χ1n) is 10.1. The van der Waals surface area contributed by atoms with Gasteiger partial charge in [0.15, 0.2) is 0 Å². The van der Waals surface area contributed by atoms with Gasteiger partial charge < -0.3 is 19.5 Å². The predicted octanol–water partition coefficient (Wildman–Crippen LogP) is 2.99. The van der Waals surface area contributed by atoms with Crippen LogP contribution < -0.4 is 4.74 Å². The van der Waals surface area contributed by atoms with Crippen LogP contribution >= 0.6 is 0 Å². The van der Waals surface area contributed by atoms with Gasteiger partial charge in [-0.15, -0.1) is 0 Å². The average molecular weight is 389 g/mol.